The highest BCUT2D eigenvalue weighted by Crippen LogP contribution is 2.44. The molecule has 0 amide bonds. The van der Waals surface area contributed by atoms with E-state index >= 15 is 0 Å². The van der Waals surface area contributed by atoms with Gasteiger partial charge in [-0.15, -0.1) is 0 Å². The van der Waals surface area contributed by atoms with E-state index in [2.05, 4.69) is 146 Å². The summed E-state index contributed by atoms with van der Waals surface area (Å²) in [6.07, 6.45) is 0. The maximum Gasteiger partial charge on any atom is -0.00262 e. The molecule has 0 N–H and O–H groups in total. The zero-order valence-electron chi connectivity index (χ0n) is 20.9. The summed E-state index contributed by atoms with van der Waals surface area (Å²) in [5.74, 6) is 0. The fourth-order valence-electron chi connectivity index (χ4n) is 6.18. The predicted octanol–water partition coefficient (Wildman–Crippen LogP) is 10.8. The summed E-state index contributed by atoms with van der Waals surface area (Å²) >= 11 is 0. The lowest BCUT2D eigenvalue weighted by Gasteiger charge is -2.18. The molecule has 0 atom stereocenters. The van der Waals surface area contributed by atoms with E-state index < -0.39 is 0 Å². The van der Waals surface area contributed by atoms with Gasteiger partial charge in [0, 0.05) is 0 Å². The molecule has 8 aromatic rings. The molecule has 0 bridgehead atoms. The molecule has 0 saturated carbocycles. The lowest BCUT2D eigenvalue weighted by atomic mass is 9.85. The summed E-state index contributed by atoms with van der Waals surface area (Å²) in [6, 6.07) is 53.5. The van der Waals surface area contributed by atoms with Gasteiger partial charge >= 0.3 is 0 Å². The zero-order chi connectivity index (χ0) is 25.1. The van der Waals surface area contributed by atoms with Crippen LogP contribution in [0.25, 0.3) is 76.1 Å². The Morgan fingerprint density at radius 1 is 0.237 bits per heavy atom. The van der Waals surface area contributed by atoms with Gasteiger partial charge in [0.2, 0.25) is 0 Å². The smallest absolute Gasteiger partial charge is 0.00262 e. The fraction of sp³-hybridized carbons (Fsp3) is 0. The van der Waals surface area contributed by atoms with Crippen molar-refractivity contribution in [1.82, 2.24) is 0 Å². The van der Waals surface area contributed by atoms with Crippen molar-refractivity contribution in [3.05, 3.63) is 146 Å². The standard InChI is InChI=1S/C38H24/c1-3-11-27-21-31(19-17-25(27)9-1)37-33-15-7-5-13-29(33)24-36-35(37)23-30-14-6-8-16-34(30)38(36)32-20-18-26-10-2-4-12-28(26)22-32/h1-24H. The molecule has 0 aliphatic heterocycles. The third kappa shape index (κ3) is 3.24. The highest BCUT2D eigenvalue weighted by Gasteiger charge is 2.17. The predicted molar refractivity (Wildman–Crippen MR) is 165 cm³/mol. The van der Waals surface area contributed by atoms with Crippen LogP contribution in [-0.2, 0) is 0 Å². The summed E-state index contributed by atoms with van der Waals surface area (Å²) in [6.45, 7) is 0. The van der Waals surface area contributed by atoms with Gasteiger partial charge in [0.1, 0.15) is 0 Å². The van der Waals surface area contributed by atoms with Crippen molar-refractivity contribution in [2.45, 2.75) is 0 Å². The molecule has 38 heavy (non-hydrogen) atoms. The Balaban J connectivity index is 1.56. The van der Waals surface area contributed by atoms with Crippen LogP contribution in [0.3, 0.4) is 0 Å². The molecule has 0 fully saturated rings. The van der Waals surface area contributed by atoms with Crippen molar-refractivity contribution in [1.29, 1.82) is 0 Å². The molecular weight excluding hydrogens is 456 g/mol. The van der Waals surface area contributed by atoms with E-state index in [9.17, 15) is 0 Å². The van der Waals surface area contributed by atoms with Crippen molar-refractivity contribution < 1.29 is 0 Å². The summed E-state index contributed by atoms with van der Waals surface area (Å²) < 4.78 is 0. The highest BCUT2D eigenvalue weighted by molar-refractivity contribution is 6.22. The molecule has 0 heteroatoms. The van der Waals surface area contributed by atoms with E-state index in [1.807, 2.05) is 0 Å². The second-order valence-electron chi connectivity index (χ2n) is 10.2. The first kappa shape index (κ1) is 21.2. The first-order valence-corrected chi connectivity index (χ1v) is 13.2. The van der Waals surface area contributed by atoms with Gasteiger partial charge in [-0.1, -0.05) is 121 Å². The summed E-state index contributed by atoms with van der Waals surface area (Å²) in [5.41, 5.74) is 5.11. The molecule has 8 rings (SSSR count). The molecule has 0 unspecified atom stereocenters. The number of hydrogen-bond donors (Lipinski definition) is 0. The lowest BCUT2D eigenvalue weighted by Crippen LogP contribution is -1.91. The maximum atomic E-state index is 2.40. The molecular formula is C38H24. The van der Waals surface area contributed by atoms with Gasteiger partial charge in [-0.05, 0) is 100 Å². The molecule has 0 aromatic heterocycles. The van der Waals surface area contributed by atoms with E-state index in [1.165, 1.54) is 76.1 Å². The summed E-state index contributed by atoms with van der Waals surface area (Å²) in [7, 11) is 0. The van der Waals surface area contributed by atoms with E-state index in [4.69, 9.17) is 0 Å². The Bertz CT molecular complexity index is 2020. The maximum absolute atomic E-state index is 2.40. The minimum atomic E-state index is 1.25. The largest absolute Gasteiger partial charge is 0.0616 e. The Kier molecular flexibility index (Phi) is 4.62. The first-order chi connectivity index (χ1) is 18.8. The van der Waals surface area contributed by atoms with Crippen LogP contribution in [-0.4, -0.2) is 0 Å². The van der Waals surface area contributed by atoms with Gasteiger partial charge in [0.15, 0.2) is 0 Å². The first-order valence-electron chi connectivity index (χ1n) is 13.2. The number of rotatable bonds is 2. The van der Waals surface area contributed by atoms with Gasteiger partial charge in [-0.25, -0.2) is 0 Å². The molecule has 8 aromatic carbocycles. The normalized spacial score (nSPS) is 11.7. The van der Waals surface area contributed by atoms with E-state index in [1.54, 1.807) is 0 Å². The van der Waals surface area contributed by atoms with Crippen molar-refractivity contribution in [2.75, 3.05) is 0 Å². The van der Waals surface area contributed by atoms with Crippen molar-refractivity contribution in [3.8, 4) is 22.3 Å². The van der Waals surface area contributed by atoms with Crippen LogP contribution in [0, 0.1) is 0 Å². The third-order valence-electron chi connectivity index (χ3n) is 7.97. The minimum absolute atomic E-state index is 1.25. The molecule has 0 aliphatic rings. The number of fused-ring (bicyclic) bond motifs is 5. The second kappa shape index (κ2) is 8.30. The number of hydrogen-bond acceptors (Lipinski definition) is 0. The van der Waals surface area contributed by atoms with Crippen LogP contribution in [0.5, 0.6) is 0 Å². The van der Waals surface area contributed by atoms with Crippen LogP contribution >= 0.6 is 0 Å². The van der Waals surface area contributed by atoms with E-state index in [0.29, 0.717) is 0 Å². The quantitative estimate of drug-likeness (QED) is 0.216. The van der Waals surface area contributed by atoms with Gasteiger partial charge in [0.25, 0.3) is 0 Å². The SMILES string of the molecule is c1ccc2cc(-c3c4ccccc4cc4c(-c5ccc6ccccc6c5)c5ccccc5cc34)ccc2c1. The van der Waals surface area contributed by atoms with E-state index in [0.717, 1.165) is 0 Å². The molecule has 0 radical (unpaired) electrons. The Hall–Kier alpha value is -4.94. The molecule has 0 heterocycles. The van der Waals surface area contributed by atoms with Crippen LogP contribution in [0.15, 0.2) is 146 Å². The Labute approximate surface area is 221 Å². The Morgan fingerprint density at radius 3 is 1.05 bits per heavy atom. The molecule has 0 spiro atoms. The summed E-state index contributed by atoms with van der Waals surface area (Å²) in [4.78, 5) is 0. The molecule has 0 saturated heterocycles. The van der Waals surface area contributed by atoms with Crippen molar-refractivity contribution >= 4 is 53.9 Å². The van der Waals surface area contributed by atoms with Gasteiger partial charge < -0.3 is 0 Å². The number of benzene rings is 8. The highest BCUT2D eigenvalue weighted by atomic mass is 14.2. The van der Waals surface area contributed by atoms with Crippen LogP contribution < -0.4 is 0 Å². The summed E-state index contributed by atoms with van der Waals surface area (Å²) in [5, 5.41) is 12.8. The second-order valence-corrected chi connectivity index (χ2v) is 10.2. The Morgan fingerprint density at radius 2 is 0.605 bits per heavy atom. The fourth-order valence-corrected chi connectivity index (χ4v) is 6.18. The molecule has 0 nitrogen and oxygen atoms in total. The van der Waals surface area contributed by atoms with Crippen molar-refractivity contribution in [3.63, 3.8) is 0 Å². The van der Waals surface area contributed by atoms with Gasteiger partial charge in [0.05, 0.1) is 0 Å². The topological polar surface area (TPSA) is 0 Å². The lowest BCUT2D eigenvalue weighted by molar-refractivity contribution is 1.69. The minimum Gasteiger partial charge on any atom is -0.0616 e. The molecule has 0 aliphatic carbocycles. The van der Waals surface area contributed by atoms with Gasteiger partial charge in [-0.2, -0.15) is 0 Å². The van der Waals surface area contributed by atoms with Crippen LogP contribution in [0.2, 0.25) is 0 Å². The monoisotopic (exact) mass is 480 g/mol. The zero-order valence-corrected chi connectivity index (χ0v) is 20.9. The van der Waals surface area contributed by atoms with Crippen molar-refractivity contribution in [2.24, 2.45) is 0 Å². The van der Waals surface area contributed by atoms with Crippen LogP contribution in [0.4, 0.5) is 0 Å². The third-order valence-corrected chi connectivity index (χ3v) is 7.97. The average molecular weight is 481 g/mol. The van der Waals surface area contributed by atoms with E-state index in [-0.39, 0.29) is 0 Å². The average Bonchev–Trinajstić information content (AvgIpc) is 2.98. The van der Waals surface area contributed by atoms with Crippen LogP contribution in [0.1, 0.15) is 0 Å². The van der Waals surface area contributed by atoms with Gasteiger partial charge in [-0.3, -0.25) is 0 Å². The molecule has 176 valence electrons.